The summed E-state index contributed by atoms with van der Waals surface area (Å²) in [4.78, 5) is 17.3. The molecule has 0 spiro atoms. The number of rotatable bonds is 2. The summed E-state index contributed by atoms with van der Waals surface area (Å²) < 4.78 is 2.07. The van der Waals surface area contributed by atoms with Crippen LogP contribution in [-0.4, -0.2) is 38.7 Å². The lowest BCUT2D eigenvalue weighted by molar-refractivity contribution is 0.0666. The van der Waals surface area contributed by atoms with Gasteiger partial charge in [-0.2, -0.15) is 5.10 Å². The van der Waals surface area contributed by atoms with Crippen molar-refractivity contribution < 1.29 is 4.79 Å². The maximum Gasteiger partial charge on any atom is 0.270 e. The SMILES string of the molecule is Cc1cc(C)n([C@H]2CCCN(C(=O)c3ccc[nH]3)C2)n1. The Balaban J connectivity index is 1.77. The van der Waals surface area contributed by atoms with Gasteiger partial charge in [-0.1, -0.05) is 0 Å². The van der Waals surface area contributed by atoms with Crippen LogP contribution in [0.5, 0.6) is 0 Å². The minimum Gasteiger partial charge on any atom is -0.357 e. The smallest absolute Gasteiger partial charge is 0.270 e. The van der Waals surface area contributed by atoms with E-state index in [0.717, 1.165) is 31.6 Å². The molecule has 0 saturated carbocycles. The zero-order valence-corrected chi connectivity index (χ0v) is 12.0. The van der Waals surface area contributed by atoms with Crippen LogP contribution in [-0.2, 0) is 0 Å². The van der Waals surface area contributed by atoms with Crippen molar-refractivity contribution in [3.63, 3.8) is 0 Å². The molecule has 0 radical (unpaired) electrons. The molecule has 1 aliphatic heterocycles. The van der Waals surface area contributed by atoms with Crippen molar-refractivity contribution in [1.82, 2.24) is 19.7 Å². The summed E-state index contributed by atoms with van der Waals surface area (Å²) in [6.07, 6.45) is 3.89. The lowest BCUT2D eigenvalue weighted by Gasteiger charge is -2.33. The second-order valence-corrected chi connectivity index (χ2v) is 5.50. The second kappa shape index (κ2) is 5.15. The molecule has 1 N–H and O–H groups in total. The van der Waals surface area contributed by atoms with Gasteiger partial charge in [0.05, 0.1) is 11.7 Å². The molecule has 2 aromatic heterocycles. The third-order valence-electron chi connectivity index (χ3n) is 3.90. The van der Waals surface area contributed by atoms with E-state index < -0.39 is 0 Å². The molecular weight excluding hydrogens is 252 g/mol. The number of H-pyrrole nitrogens is 1. The van der Waals surface area contributed by atoms with Gasteiger partial charge in [-0.3, -0.25) is 9.48 Å². The molecule has 0 aromatic carbocycles. The Labute approximate surface area is 118 Å². The van der Waals surface area contributed by atoms with Crippen molar-refractivity contribution in [1.29, 1.82) is 0 Å². The first-order valence-electron chi connectivity index (χ1n) is 7.10. The van der Waals surface area contributed by atoms with Gasteiger partial charge in [0.2, 0.25) is 0 Å². The van der Waals surface area contributed by atoms with E-state index in [1.54, 1.807) is 6.20 Å². The van der Waals surface area contributed by atoms with Crippen molar-refractivity contribution in [2.75, 3.05) is 13.1 Å². The Morgan fingerprint density at radius 1 is 1.45 bits per heavy atom. The van der Waals surface area contributed by atoms with Gasteiger partial charge in [0.1, 0.15) is 5.69 Å². The highest BCUT2D eigenvalue weighted by Crippen LogP contribution is 2.23. The average molecular weight is 272 g/mol. The summed E-state index contributed by atoms with van der Waals surface area (Å²) in [5.74, 6) is 0.0845. The van der Waals surface area contributed by atoms with E-state index in [-0.39, 0.29) is 11.9 Å². The Morgan fingerprint density at radius 2 is 2.30 bits per heavy atom. The average Bonchev–Trinajstić information content (AvgIpc) is 3.08. The Kier molecular flexibility index (Phi) is 3.34. The first-order chi connectivity index (χ1) is 9.65. The highest BCUT2D eigenvalue weighted by molar-refractivity contribution is 5.92. The molecule has 0 aliphatic carbocycles. The molecule has 0 unspecified atom stereocenters. The number of nitrogens with zero attached hydrogens (tertiary/aromatic N) is 3. The number of nitrogens with one attached hydrogen (secondary N) is 1. The van der Waals surface area contributed by atoms with Gasteiger partial charge in [-0.15, -0.1) is 0 Å². The van der Waals surface area contributed by atoms with E-state index in [9.17, 15) is 4.79 Å². The lowest BCUT2D eigenvalue weighted by atomic mass is 10.1. The highest BCUT2D eigenvalue weighted by Gasteiger charge is 2.27. The number of aryl methyl sites for hydroxylation is 2. The number of amides is 1. The quantitative estimate of drug-likeness (QED) is 0.912. The number of aromatic nitrogens is 3. The number of aromatic amines is 1. The molecule has 1 aliphatic rings. The van der Waals surface area contributed by atoms with Crippen LogP contribution in [0.15, 0.2) is 24.4 Å². The van der Waals surface area contributed by atoms with E-state index in [2.05, 4.69) is 27.8 Å². The third-order valence-corrected chi connectivity index (χ3v) is 3.90. The van der Waals surface area contributed by atoms with Crippen LogP contribution in [0.1, 0.15) is 40.8 Å². The summed E-state index contributed by atoms with van der Waals surface area (Å²) in [6.45, 7) is 5.65. The summed E-state index contributed by atoms with van der Waals surface area (Å²) >= 11 is 0. The zero-order chi connectivity index (χ0) is 14.1. The van der Waals surface area contributed by atoms with Crippen LogP contribution in [0.25, 0.3) is 0 Å². The molecule has 20 heavy (non-hydrogen) atoms. The van der Waals surface area contributed by atoms with Crippen LogP contribution in [0.2, 0.25) is 0 Å². The Hall–Kier alpha value is -2.04. The molecule has 1 amide bonds. The largest absolute Gasteiger partial charge is 0.357 e. The Bertz CT molecular complexity index is 599. The van der Waals surface area contributed by atoms with Crippen molar-refractivity contribution in [3.8, 4) is 0 Å². The molecule has 1 atom stereocenters. The minimum absolute atomic E-state index is 0.0845. The molecule has 3 heterocycles. The van der Waals surface area contributed by atoms with Gasteiger partial charge in [0, 0.05) is 25.0 Å². The van der Waals surface area contributed by atoms with Crippen molar-refractivity contribution in [2.45, 2.75) is 32.7 Å². The summed E-state index contributed by atoms with van der Waals surface area (Å²) in [7, 11) is 0. The number of carbonyl (C=O) groups excluding carboxylic acids is 1. The number of carbonyl (C=O) groups is 1. The number of piperidine rings is 1. The standard InChI is InChI=1S/C15H20N4O/c1-11-9-12(2)19(17-11)13-5-4-8-18(10-13)15(20)14-6-3-7-16-14/h3,6-7,9,13,16H,4-5,8,10H2,1-2H3/t13-/m0/s1. The Morgan fingerprint density at radius 3 is 2.95 bits per heavy atom. The van der Waals surface area contributed by atoms with Crippen LogP contribution < -0.4 is 0 Å². The van der Waals surface area contributed by atoms with Gasteiger partial charge < -0.3 is 9.88 Å². The number of likely N-dealkylation sites (tertiary alicyclic amines) is 1. The third kappa shape index (κ3) is 2.35. The van der Waals surface area contributed by atoms with Gasteiger partial charge in [0.15, 0.2) is 0 Å². The predicted octanol–water partition coefficient (Wildman–Crippen LogP) is 2.31. The first kappa shape index (κ1) is 13.0. The van der Waals surface area contributed by atoms with E-state index in [1.807, 2.05) is 24.0 Å². The maximum atomic E-state index is 12.4. The lowest BCUT2D eigenvalue weighted by Crippen LogP contribution is -2.41. The number of hydrogen-bond acceptors (Lipinski definition) is 2. The monoisotopic (exact) mass is 272 g/mol. The van der Waals surface area contributed by atoms with E-state index >= 15 is 0 Å². The summed E-state index contributed by atoms with van der Waals surface area (Å²) in [5, 5.41) is 4.56. The number of hydrogen-bond donors (Lipinski definition) is 1. The maximum absolute atomic E-state index is 12.4. The van der Waals surface area contributed by atoms with Crippen LogP contribution in [0.3, 0.4) is 0 Å². The van der Waals surface area contributed by atoms with Crippen molar-refractivity contribution >= 4 is 5.91 Å². The van der Waals surface area contributed by atoms with E-state index in [0.29, 0.717) is 5.69 Å². The first-order valence-corrected chi connectivity index (χ1v) is 7.10. The fraction of sp³-hybridized carbons (Fsp3) is 0.467. The molecule has 5 nitrogen and oxygen atoms in total. The molecule has 1 fully saturated rings. The molecule has 2 aromatic rings. The molecule has 5 heteroatoms. The van der Waals surface area contributed by atoms with Crippen LogP contribution >= 0.6 is 0 Å². The van der Waals surface area contributed by atoms with Gasteiger partial charge >= 0.3 is 0 Å². The molecule has 0 bridgehead atoms. The predicted molar refractivity (Wildman–Crippen MR) is 76.7 cm³/mol. The highest BCUT2D eigenvalue weighted by atomic mass is 16.2. The topological polar surface area (TPSA) is 53.9 Å². The molecular formula is C15H20N4O. The second-order valence-electron chi connectivity index (χ2n) is 5.50. The van der Waals surface area contributed by atoms with Gasteiger partial charge in [-0.05, 0) is 44.9 Å². The minimum atomic E-state index is 0.0845. The van der Waals surface area contributed by atoms with Gasteiger partial charge in [0.25, 0.3) is 5.91 Å². The van der Waals surface area contributed by atoms with Crippen molar-refractivity contribution in [2.24, 2.45) is 0 Å². The normalized spacial score (nSPS) is 19.3. The van der Waals surface area contributed by atoms with Crippen LogP contribution in [0.4, 0.5) is 0 Å². The van der Waals surface area contributed by atoms with Crippen molar-refractivity contribution in [3.05, 3.63) is 41.5 Å². The molecule has 1 saturated heterocycles. The summed E-state index contributed by atoms with van der Waals surface area (Å²) in [6, 6.07) is 6.06. The van der Waals surface area contributed by atoms with E-state index in [1.165, 1.54) is 5.69 Å². The van der Waals surface area contributed by atoms with E-state index in [4.69, 9.17) is 0 Å². The molecule has 3 rings (SSSR count). The van der Waals surface area contributed by atoms with Crippen LogP contribution in [0, 0.1) is 13.8 Å². The van der Waals surface area contributed by atoms with Gasteiger partial charge in [-0.25, -0.2) is 0 Å². The zero-order valence-electron chi connectivity index (χ0n) is 12.0. The fourth-order valence-corrected chi connectivity index (χ4v) is 2.99. The summed E-state index contributed by atoms with van der Waals surface area (Å²) in [5.41, 5.74) is 2.87. The fourth-order valence-electron chi connectivity index (χ4n) is 2.99. The molecule has 106 valence electrons.